The molecule has 2 atom stereocenters. The van der Waals surface area contributed by atoms with Gasteiger partial charge in [-0.05, 0) is 17.6 Å². The monoisotopic (exact) mass is 190 g/mol. The van der Waals surface area contributed by atoms with E-state index in [-0.39, 0.29) is 11.5 Å². The predicted molar refractivity (Wildman–Crippen MR) is 58.9 cm³/mol. The summed E-state index contributed by atoms with van der Waals surface area (Å²) in [7, 11) is 0. The summed E-state index contributed by atoms with van der Waals surface area (Å²) >= 11 is 0. The minimum absolute atomic E-state index is 0.148. The van der Waals surface area contributed by atoms with Crippen LogP contribution in [0.1, 0.15) is 27.2 Å². The molecule has 0 aromatic carbocycles. The van der Waals surface area contributed by atoms with Crippen molar-refractivity contribution in [2.24, 2.45) is 11.3 Å². The minimum atomic E-state index is -0.185. The average molecular weight is 190 g/mol. The van der Waals surface area contributed by atoms with Crippen LogP contribution in [0.4, 0.5) is 0 Å². The summed E-state index contributed by atoms with van der Waals surface area (Å²) in [4.78, 5) is 0. The Balaban J connectivity index is 2.35. The molecule has 2 aliphatic carbocycles. The van der Waals surface area contributed by atoms with Crippen molar-refractivity contribution >= 4 is 0 Å². The van der Waals surface area contributed by atoms with E-state index in [2.05, 4.69) is 45.1 Å². The molecular weight excluding hydrogens is 172 g/mol. The van der Waals surface area contributed by atoms with Gasteiger partial charge in [0.1, 0.15) is 0 Å². The van der Waals surface area contributed by atoms with Gasteiger partial charge in [-0.3, -0.25) is 0 Å². The second-order valence-corrected chi connectivity index (χ2v) is 5.03. The highest BCUT2D eigenvalue weighted by Gasteiger charge is 2.29. The molecule has 0 heterocycles. The third-order valence-corrected chi connectivity index (χ3v) is 3.27. The number of rotatable bonds is 0. The van der Waals surface area contributed by atoms with Crippen molar-refractivity contribution in [2.75, 3.05) is 0 Å². The van der Waals surface area contributed by atoms with Crippen LogP contribution >= 0.6 is 0 Å². The van der Waals surface area contributed by atoms with Gasteiger partial charge in [-0.2, -0.15) is 0 Å². The molecule has 1 heteroatoms. The first-order valence-electron chi connectivity index (χ1n) is 5.29. The molecule has 2 rings (SSSR count). The number of aliphatic hydroxyl groups excluding tert-OH is 1. The van der Waals surface area contributed by atoms with Crippen molar-refractivity contribution in [1.29, 1.82) is 0 Å². The van der Waals surface area contributed by atoms with Gasteiger partial charge in [0.15, 0.2) is 0 Å². The van der Waals surface area contributed by atoms with Gasteiger partial charge in [0.05, 0.1) is 6.10 Å². The maximum absolute atomic E-state index is 9.74. The van der Waals surface area contributed by atoms with E-state index in [4.69, 9.17) is 0 Å². The van der Waals surface area contributed by atoms with Gasteiger partial charge in [0.25, 0.3) is 0 Å². The Bertz CT molecular complexity index is 331. The topological polar surface area (TPSA) is 20.2 Å². The highest BCUT2D eigenvalue weighted by Crippen LogP contribution is 2.37. The molecule has 0 aromatic heterocycles. The highest BCUT2D eigenvalue weighted by atomic mass is 16.3. The van der Waals surface area contributed by atoms with Crippen molar-refractivity contribution in [3.8, 4) is 0 Å². The van der Waals surface area contributed by atoms with E-state index < -0.39 is 0 Å². The molecule has 1 N–H and O–H groups in total. The van der Waals surface area contributed by atoms with Crippen LogP contribution in [0.25, 0.3) is 0 Å². The van der Waals surface area contributed by atoms with Gasteiger partial charge in [-0.15, -0.1) is 0 Å². The van der Waals surface area contributed by atoms with E-state index in [9.17, 15) is 5.11 Å². The Morgan fingerprint density at radius 3 is 2.64 bits per heavy atom. The molecule has 1 nitrogen and oxygen atoms in total. The molecule has 0 fully saturated rings. The van der Waals surface area contributed by atoms with Crippen LogP contribution in [0.3, 0.4) is 0 Å². The summed E-state index contributed by atoms with van der Waals surface area (Å²) in [5.74, 6) is 0.291. The van der Waals surface area contributed by atoms with E-state index in [0.717, 1.165) is 6.42 Å². The van der Waals surface area contributed by atoms with Crippen molar-refractivity contribution < 1.29 is 5.11 Å². The molecule has 0 spiro atoms. The fourth-order valence-corrected chi connectivity index (χ4v) is 2.12. The third kappa shape index (κ3) is 1.57. The second kappa shape index (κ2) is 3.09. The summed E-state index contributed by atoms with van der Waals surface area (Å²) in [6, 6.07) is 0. The van der Waals surface area contributed by atoms with Gasteiger partial charge < -0.3 is 5.11 Å². The summed E-state index contributed by atoms with van der Waals surface area (Å²) in [5, 5.41) is 9.74. The Kier molecular flexibility index (Phi) is 2.15. The Morgan fingerprint density at radius 1 is 1.29 bits per heavy atom. The second-order valence-electron chi connectivity index (χ2n) is 5.03. The first kappa shape index (κ1) is 9.72. The molecular formula is C13H18O. The molecule has 2 aliphatic rings. The molecule has 0 radical (unpaired) electrons. The van der Waals surface area contributed by atoms with Crippen LogP contribution < -0.4 is 0 Å². The molecule has 0 saturated carbocycles. The van der Waals surface area contributed by atoms with Crippen LogP contribution in [-0.2, 0) is 0 Å². The quantitative estimate of drug-likeness (QED) is 0.622. The number of hydrogen-bond acceptors (Lipinski definition) is 1. The highest BCUT2D eigenvalue weighted by molar-refractivity contribution is 5.43. The zero-order valence-electron chi connectivity index (χ0n) is 9.12. The summed E-state index contributed by atoms with van der Waals surface area (Å²) in [5.41, 5.74) is 2.78. The zero-order chi connectivity index (χ0) is 10.3. The third-order valence-electron chi connectivity index (χ3n) is 3.27. The molecule has 14 heavy (non-hydrogen) atoms. The van der Waals surface area contributed by atoms with Gasteiger partial charge in [0, 0.05) is 11.3 Å². The van der Waals surface area contributed by atoms with Crippen LogP contribution in [0, 0.1) is 11.3 Å². The summed E-state index contributed by atoms with van der Waals surface area (Å²) in [6.07, 6.45) is 9.44. The van der Waals surface area contributed by atoms with Gasteiger partial charge in [0.2, 0.25) is 0 Å². The first-order valence-corrected chi connectivity index (χ1v) is 5.29. The summed E-state index contributed by atoms with van der Waals surface area (Å²) in [6.45, 7) is 6.50. The van der Waals surface area contributed by atoms with Crippen molar-refractivity contribution in [2.45, 2.75) is 33.3 Å². The Hall–Kier alpha value is -0.820. The summed E-state index contributed by atoms with van der Waals surface area (Å²) < 4.78 is 0. The predicted octanol–water partition coefficient (Wildman–Crippen LogP) is 2.84. The molecule has 0 aliphatic heterocycles. The van der Waals surface area contributed by atoms with Gasteiger partial charge in [-0.1, -0.05) is 45.1 Å². The van der Waals surface area contributed by atoms with E-state index in [1.54, 1.807) is 0 Å². The molecule has 0 amide bonds. The SMILES string of the molecule is CC1C2=C(C=CC(C)(C)C=C2)CC1O. The lowest BCUT2D eigenvalue weighted by Gasteiger charge is -2.15. The van der Waals surface area contributed by atoms with E-state index in [1.807, 2.05) is 0 Å². The lowest BCUT2D eigenvalue weighted by Crippen LogP contribution is -2.12. The average Bonchev–Trinajstić information content (AvgIpc) is 2.27. The molecule has 0 aromatic rings. The molecule has 0 bridgehead atoms. The minimum Gasteiger partial charge on any atom is -0.392 e. The van der Waals surface area contributed by atoms with E-state index in [1.165, 1.54) is 11.1 Å². The number of allylic oxidation sites excluding steroid dienone is 4. The standard InChI is InChI=1S/C13H18O/c1-9-11-5-7-13(2,3)6-4-10(11)8-12(9)14/h4-7,9,12,14H,8H2,1-3H3. The fourth-order valence-electron chi connectivity index (χ4n) is 2.12. The Labute approximate surface area is 85.8 Å². The van der Waals surface area contributed by atoms with Crippen LogP contribution in [0.15, 0.2) is 35.5 Å². The fraction of sp³-hybridized carbons (Fsp3) is 0.538. The van der Waals surface area contributed by atoms with E-state index in [0.29, 0.717) is 5.92 Å². The van der Waals surface area contributed by atoms with Crippen molar-refractivity contribution in [3.05, 3.63) is 35.5 Å². The Morgan fingerprint density at radius 2 is 1.93 bits per heavy atom. The normalized spacial score (nSPS) is 34.6. The zero-order valence-corrected chi connectivity index (χ0v) is 9.12. The lowest BCUT2D eigenvalue weighted by atomic mass is 9.91. The molecule has 2 unspecified atom stereocenters. The van der Waals surface area contributed by atoms with Crippen LogP contribution in [-0.4, -0.2) is 11.2 Å². The van der Waals surface area contributed by atoms with Gasteiger partial charge in [-0.25, -0.2) is 0 Å². The molecule has 0 saturated heterocycles. The van der Waals surface area contributed by atoms with Crippen molar-refractivity contribution in [3.63, 3.8) is 0 Å². The maximum Gasteiger partial charge on any atom is 0.0646 e. The number of hydrogen-bond donors (Lipinski definition) is 1. The lowest BCUT2D eigenvalue weighted by molar-refractivity contribution is 0.148. The largest absolute Gasteiger partial charge is 0.392 e. The smallest absolute Gasteiger partial charge is 0.0646 e. The van der Waals surface area contributed by atoms with E-state index >= 15 is 0 Å². The number of aliphatic hydroxyl groups is 1. The van der Waals surface area contributed by atoms with Crippen molar-refractivity contribution in [1.82, 2.24) is 0 Å². The molecule has 76 valence electrons. The van der Waals surface area contributed by atoms with Crippen LogP contribution in [0.2, 0.25) is 0 Å². The van der Waals surface area contributed by atoms with Crippen LogP contribution in [0.5, 0.6) is 0 Å². The first-order chi connectivity index (χ1) is 6.49. The van der Waals surface area contributed by atoms with Gasteiger partial charge >= 0.3 is 0 Å². The maximum atomic E-state index is 9.74.